The molecule has 7 heteroatoms. The van der Waals surface area contributed by atoms with Gasteiger partial charge in [0.25, 0.3) is 0 Å². The molecule has 2 rings (SSSR count). The van der Waals surface area contributed by atoms with E-state index in [4.69, 9.17) is 5.11 Å². The van der Waals surface area contributed by atoms with E-state index in [0.29, 0.717) is 12.0 Å². The van der Waals surface area contributed by atoms with Crippen LogP contribution in [0.25, 0.3) is 0 Å². The number of carboxylic acids is 1. The number of halogens is 3. The van der Waals surface area contributed by atoms with Crippen LogP contribution >= 0.6 is 0 Å². The van der Waals surface area contributed by atoms with Crippen LogP contribution in [-0.2, 0) is 15.8 Å². The Kier molecular flexibility index (Phi) is 4.68. The van der Waals surface area contributed by atoms with Crippen molar-refractivity contribution in [1.82, 2.24) is 5.32 Å². The van der Waals surface area contributed by atoms with Crippen LogP contribution in [-0.4, -0.2) is 23.0 Å². The Morgan fingerprint density at radius 3 is 2.48 bits per heavy atom. The van der Waals surface area contributed by atoms with Crippen LogP contribution in [0.4, 0.5) is 13.2 Å². The molecule has 0 spiro atoms. The van der Waals surface area contributed by atoms with Crippen LogP contribution in [0.3, 0.4) is 0 Å². The molecule has 0 heterocycles. The summed E-state index contributed by atoms with van der Waals surface area (Å²) < 4.78 is 38.1. The maximum absolute atomic E-state index is 12.7. The lowest BCUT2D eigenvalue weighted by molar-refractivity contribution is -0.143. The molecular weight excluding hydrogens is 311 g/mol. The summed E-state index contributed by atoms with van der Waals surface area (Å²) in [6, 6.07) is 3.92. The molecule has 1 amide bonds. The number of aliphatic carboxylic acids is 1. The van der Waals surface area contributed by atoms with Crippen molar-refractivity contribution in [2.45, 2.75) is 38.4 Å². The first-order chi connectivity index (χ1) is 10.6. The van der Waals surface area contributed by atoms with Crippen molar-refractivity contribution < 1.29 is 27.9 Å². The fourth-order valence-electron chi connectivity index (χ4n) is 2.57. The van der Waals surface area contributed by atoms with E-state index in [1.165, 1.54) is 6.07 Å². The minimum Gasteiger partial charge on any atom is -0.480 e. The molecule has 1 aliphatic carbocycles. The number of carbonyl (C=O) groups is 2. The molecule has 1 saturated carbocycles. The number of nitrogens with one attached hydrogen (secondary N) is 1. The molecule has 4 nitrogen and oxygen atoms in total. The Balaban J connectivity index is 2.05. The van der Waals surface area contributed by atoms with Gasteiger partial charge >= 0.3 is 12.1 Å². The lowest BCUT2D eigenvalue weighted by atomic mass is 10.0. The van der Waals surface area contributed by atoms with Crippen LogP contribution in [0.5, 0.6) is 0 Å². The van der Waals surface area contributed by atoms with Gasteiger partial charge in [0.15, 0.2) is 0 Å². The van der Waals surface area contributed by atoms with Gasteiger partial charge in [0.2, 0.25) is 5.91 Å². The van der Waals surface area contributed by atoms with E-state index in [1.807, 2.05) is 0 Å². The highest BCUT2D eigenvalue weighted by Crippen LogP contribution is 2.48. The topological polar surface area (TPSA) is 66.4 Å². The third-order valence-corrected chi connectivity index (χ3v) is 4.00. The number of hydrogen-bond acceptors (Lipinski definition) is 2. The summed E-state index contributed by atoms with van der Waals surface area (Å²) >= 11 is 0. The van der Waals surface area contributed by atoms with Crippen LogP contribution < -0.4 is 5.32 Å². The van der Waals surface area contributed by atoms with Gasteiger partial charge in [-0.25, -0.2) is 4.79 Å². The third-order valence-electron chi connectivity index (χ3n) is 4.00. The van der Waals surface area contributed by atoms with E-state index in [0.717, 1.165) is 12.1 Å². The average Bonchev–Trinajstić information content (AvgIpc) is 3.23. The summed E-state index contributed by atoms with van der Waals surface area (Å²) in [5.74, 6) is -2.58. The van der Waals surface area contributed by atoms with E-state index in [9.17, 15) is 22.8 Å². The van der Waals surface area contributed by atoms with Gasteiger partial charge in [-0.05, 0) is 29.9 Å². The first-order valence-corrected chi connectivity index (χ1v) is 7.31. The first kappa shape index (κ1) is 17.3. The first-order valence-electron chi connectivity index (χ1n) is 7.31. The predicted octanol–water partition coefficient (Wildman–Crippen LogP) is 3.03. The fourth-order valence-corrected chi connectivity index (χ4v) is 2.57. The number of benzene rings is 1. The maximum Gasteiger partial charge on any atom is 0.416 e. The van der Waals surface area contributed by atoms with E-state index in [1.54, 1.807) is 19.9 Å². The van der Waals surface area contributed by atoms with E-state index in [2.05, 4.69) is 5.32 Å². The molecule has 2 N–H and O–H groups in total. The molecule has 1 fully saturated rings. The normalized spacial score (nSPS) is 21.8. The van der Waals surface area contributed by atoms with Gasteiger partial charge in [0.05, 0.1) is 5.56 Å². The number of hydrogen-bond donors (Lipinski definition) is 2. The zero-order chi connectivity index (χ0) is 17.4. The molecule has 126 valence electrons. The molecule has 0 saturated heterocycles. The van der Waals surface area contributed by atoms with Crippen LogP contribution in [0.2, 0.25) is 0 Å². The summed E-state index contributed by atoms with van der Waals surface area (Å²) in [5.41, 5.74) is -0.289. The highest BCUT2D eigenvalue weighted by molar-refractivity contribution is 5.87. The second-order valence-electron chi connectivity index (χ2n) is 6.14. The monoisotopic (exact) mass is 329 g/mol. The van der Waals surface area contributed by atoms with Gasteiger partial charge in [-0.1, -0.05) is 32.0 Å². The standard InChI is InChI=1S/C16H18F3NO3/c1-8(2)13(15(22)23)20-14(21)12-7-11(12)9-4-3-5-10(6-9)16(17,18)19/h3-6,8,11-13H,7H2,1-2H3,(H,20,21)(H,22,23)/t11?,12?,13-/m1/s1. The van der Waals surface area contributed by atoms with E-state index < -0.39 is 35.6 Å². The second-order valence-corrected chi connectivity index (χ2v) is 6.14. The molecule has 0 aliphatic heterocycles. The zero-order valence-corrected chi connectivity index (χ0v) is 12.7. The molecule has 23 heavy (non-hydrogen) atoms. The van der Waals surface area contributed by atoms with Crippen molar-refractivity contribution >= 4 is 11.9 Å². The Morgan fingerprint density at radius 2 is 1.96 bits per heavy atom. The van der Waals surface area contributed by atoms with E-state index in [-0.39, 0.29) is 11.8 Å². The van der Waals surface area contributed by atoms with Gasteiger partial charge in [0, 0.05) is 5.92 Å². The maximum atomic E-state index is 12.7. The summed E-state index contributed by atoms with van der Waals surface area (Å²) in [6.07, 6.45) is -3.99. The van der Waals surface area contributed by atoms with Crippen molar-refractivity contribution in [1.29, 1.82) is 0 Å². The molecule has 1 aromatic rings. The minimum atomic E-state index is -4.42. The highest BCUT2D eigenvalue weighted by Gasteiger charge is 2.45. The largest absolute Gasteiger partial charge is 0.480 e. The van der Waals surface area contributed by atoms with Crippen LogP contribution in [0.15, 0.2) is 24.3 Å². The lowest BCUT2D eigenvalue weighted by Gasteiger charge is -2.18. The van der Waals surface area contributed by atoms with E-state index >= 15 is 0 Å². The summed E-state index contributed by atoms with van der Waals surface area (Å²) in [6.45, 7) is 3.35. The van der Waals surface area contributed by atoms with Crippen molar-refractivity contribution in [2.24, 2.45) is 11.8 Å². The van der Waals surface area contributed by atoms with Crippen molar-refractivity contribution in [3.63, 3.8) is 0 Å². The third kappa shape index (κ3) is 4.03. The molecule has 0 bridgehead atoms. The van der Waals surface area contributed by atoms with Gasteiger partial charge in [-0.15, -0.1) is 0 Å². The van der Waals surface area contributed by atoms with Gasteiger partial charge in [-0.2, -0.15) is 13.2 Å². The van der Waals surface area contributed by atoms with Gasteiger partial charge < -0.3 is 10.4 Å². The van der Waals surface area contributed by atoms with Crippen molar-refractivity contribution in [2.75, 3.05) is 0 Å². The molecule has 0 aromatic heterocycles. The summed E-state index contributed by atoms with van der Waals surface area (Å²) in [5, 5.41) is 11.5. The molecular formula is C16H18F3NO3. The number of amides is 1. The Hall–Kier alpha value is -2.05. The van der Waals surface area contributed by atoms with Crippen LogP contribution in [0.1, 0.15) is 37.3 Å². The number of carbonyl (C=O) groups excluding carboxylic acids is 1. The molecule has 0 radical (unpaired) electrons. The Morgan fingerprint density at radius 1 is 1.30 bits per heavy atom. The van der Waals surface area contributed by atoms with Crippen molar-refractivity contribution in [3.05, 3.63) is 35.4 Å². The van der Waals surface area contributed by atoms with Crippen molar-refractivity contribution in [3.8, 4) is 0 Å². The number of alkyl halides is 3. The quantitative estimate of drug-likeness (QED) is 0.872. The molecule has 1 aliphatic rings. The highest BCUT2D eigenvalue weighted by atomic mass is 19.4. The molecule has 1 aromatic carbocycles. The van der Waals surface area contributed by atoms with Gasteiger partial charge in [0.1, 0.15) is 6.04 Å². The number of rotatable bonds is 5. The molecule has 2 unspecified atom stereocenters. The molecule has 3 atom stereocenters. The zero-order valence-electron chi connectivity index (χ0n) is 12.7. The minimum absolute atomic E-state index is 0.276. The number of carboxylic acid groups (broad SMARTS) is 1. The Labute approximate surface area is 131 Å². The SMILES string of the molecule is CC(C)[C@@H](NC(=O)C1CC1c1cccc(C(F)(F)F)c1)C(=O)O. The lowest BCUT2D eigenvalue weighted by Crippen LogP contribution is -2.45. The predicted molar refractivity (Wildman–Crippen MR) is 76.7 cm³/mol. The smallest absolute Gasteiger partial charge is 0.416 e. The second kappa shape index (κ2) is 6.22. The fraction of sp³-hybridized carbons (Fsp3) is 0.500. The average molecular weight is 329 g/mol. The van der Waals surface area contributed by atoms with Gasteiger partial charge in [-0.3, -0.25) is 4.79 Å². The summed E-state index contributed by atoms with van der Waals surface area (Å²) in [4.78, 5) is 23.2. The summed E-state index contributed by atoms with van der Waals surface area (Å²) in [7, 11) is 0. The Bertz CT molecular complexity index is 613. The van der Waals surface area contributed by atoms with Crippen LogP contribution in [0, 0.1) is 11.8 Å².